The number of anilines is 1. The van der Waals surface area contributed by atoms with Gasteiger partial charge in [-0.1, -0.05) is 13.0 Å². The first-order valence-corrected chi connectivity index (χ1v) is 9.92. The third-order valence-electron chi connectivity index (χ3n) is 3.73. The molecule has 2 amide bonds. The number of primary amides is 1. The number of sulfone groups is 1. The van der Waals surface area contributed by atoms with E-state index >= 15 is 0 Å². The average molecular weight is 356 g/mol. The van der Waals surface area contributed by atoms with Crippen molar-refractivity contribution in [1.29, 1.82) is 0 Å². The molecule has 0 saturated heterocycles. The fourth-order valence-electron chi connectivity index (χ4n) is 2.70. The van der Waals surface area contributed by atoms with E-state index in [1.54, 1.807) is 0 Å². The molecule has 0 fully saturated rings. The molecule has 1 heterocycles. The summed E-state index contributed by atoms with van der Waals surface area (Å²) in [7, 11) is -3.54. The van der Waals surface area contributed by atoms with Crippen molar-refractivity contribution in [3.8, 4) is 0 Å². The zero-order valence-electron chi connectivity index (χ0n) is 12.9. The molecule has 0 aromatic carbocycles. The molecule has 1 atom stereocenters. The van der Waals surface area contributed by atoms with E-state index < -0.39 is 27.4 Å². The summed E-state index contributed by atoms with van der Waals surface area (Å²) in [6, 6.07) is 0. The van der Waals surface area contributed by atoms with Crippen LogP contribution < -0.4 is 11.1 Å². The van der Waals surface area contributed by atoms with E-state index in [9.17, 15) is 18.0 Å². The first-order chi connectivity index (χ1) is 10.7. The molecule has 1 aromatic heterocycles. The van der Waals surface area contributed by atoms with Crippen LogP contribution in [0.1, 0.15) is 34.1 Å². The fraction of sp³-hybridized carbons (Fsp3) is 0.467. The lowest BCUT2D eigenvalue weighted by Crippen LogP contribution is -2.25. The van der Waals surface area contributed by atoms with Gasteiger partial charge >= 0.3 is 0 Å². The maximum Gasteiger partial charge on any atom is 0.251 e. The van der Waals surface area contributed by atoms with Crippen LogP contribution >= 0.6 is 11.3 Å². The summed E-state index contributed by atoms with van der Waals surface area (Å²) in [5, 5.41) is 2.90. The number of hydrogen-bond donors (Lipinski definition) is 2. The van der Waals surface area contributed by atoms with E-state index in [0.717, 1.165) is 29.7 Å². The van der Waals surface area contributed by atoms with Crippen molar-refractivity contribution >= 4 is 38.0 Å². The van der Waals surface area contributed by atoms with Gasteiger partial charge in [-0.2, -0.15) is 0 Å². The third-order valence-corrected chi connectivity index (χ3v) is 6.35. The summed E-state index contributed by atoms with van der Waals surface area (Å²) in [4.78, 5) is 24.8. The van der Waals surface area contributed by atoms with Gasteiger partial charge in [0, 0.05) is 4.88 Å². The van der Waals surface area contributed by atoms with Crippen molar-refractivity contribution in [2.24, 2.45) is 11.7 Å². The van der Waals surface area contributed by atoms with Gasteiger partial charge in [0.15, 0.2) is 9.84 Å². The Hall–Kier alpha value is -1.67. The predicted molar refractivity (Wildman–Crippen MR) is 91.5 cm³/mol. The molecular formula is C15H20N2O4S2. The molecule has 3 N–H and O–H groups in total. The topological polar surface area (TPSA) is 106 Å². The molecule has 1 aromatic rings. The Balaban J connectivity index is 2.25. The molecule has 0 bridgehead atoms. The number of carbonyl (C=O) groups excluding carboxylic acids is 2. The first kappa shape index (κ1) is 17.7. The average Bonchev–Trinajstić information content (AvgIpc) is 2.74. The van der Waals surface area contributed by atoms with E-state index in [0.29, 0.717) is 16.5 Å². The maximum atomic E-state index is 12.0. The molecule has 1 aliphatic carbocycles. The van der Waals surface area contributed by atoms with E-state index in [4.69, 9.17) is 5.73 Å². The van der Waals surface area contributed by atoms with Gasteiger partial charge in [-0.05, 0) is 30.7 Å². The maximum absolute atomic E-state index is 12.0. The minimum absolute atomic E-state index is 0.262. The number of thiophene rings is 1. The second-order valence-electron chi connectivity index (χ2n) is 5.81. The Morgan fingerprint density at radius 3 is 2.78 bits per heavy atom. The van der Waals surface area contributed by atoms with Gasteiger partial charge < -0.3 is 11.1 Å². The van der Waals surface area contributed by atoms with Gasteiger partial charge in [-0.15, -0.1) is 17.9 Å². The fourth-order valence-corrected chi connectivity index (χ4v) is 5.08. The van der Waals surface area contributed by atoms with Crippen molar-refractivity contribution in [2.75, 3.05) is 16.8 Å². The smallest absolute Gasteiger partial charge is 0.251 e. The summed E-state index contributed by atoms with van der Waals surface area (Å²) < 4.78 is 23.3. The largest absolute Gasteiger partial charge is 0.365 e. The molecule has 23 heavy (non-hydrogen) atoms. The summed E-state index contributed by atoms with van der Waals surface area (Å²) in [6.07, 6.45) is 3.79. The highest BCUT2D eigenvalue weighted by atomic mass is 32.2. The summed E-state index contributed by atoms with van der Waals surface area (Å²) in [6.45, 7) is 5.49. The number of carbonyl (C=O) groups is 2. The van der Waals surface area contributed by atoms with Gasteiger partial charge in [0.25, 0.3) is 5.91 Å². The zero-order chi connectivity index (χ0) is 17.2. The Kier molecular flexibility index (Phi) is 5.26. The standard InChI is InChI=1S/C15H20N2O4S2/c1-3-6-23(20,21)8-12(18)17-15-13(14(16)19)10-5-4-9(2)7-11(10)22-15/h3,9H,1,4-8H2,2H3,(H2,16,19)(H,17,18). The van der Waals surface area contributed by atoms with Crippen LogP contribution in [0.15, 0.2) is 12.7 Å². The van der Waals surface area contributed by atoms with Crippen LogP contribution in [0.25, 0.3) is 0 Å². The van der Waals surface area contributed by atoms with Crippen LogP contribution in [0.4, 0.5) is 5.00 Å². The monoisotopic (exact) mass is 356 g/mol. The van der Waals surface area contributed by atoms with Crippen LogP contribution in [0.3, 0.4) is 0 Å². The lowest BCUT2D eigenvalue weighted by molar-refractivity contribution is -0.113. The van der Waals surface area contributed by atoms with Crippen LogP contribution in [0, 0.1) is 5.92 Å². The highest BCUT2D eigenvalue weighted by Crippen LogP contribution is 2.39. The molecule has 0 radical (unpaired) electrons. The Bertz CT molecular complexity index is 750. The predicted octanol–water partition coefficient (Wildman–Crippen LogP) is 1.51. The van der Waals surface area contributed by atoms with E-state index in [-0.39, 0.29) is 5.75 Å². The van der Waals surface area contributed by atoms with Crippen molar-refractivity contribution in [3.05, 3.63) is 28.7 Å². The summed E-state index contributed by atoms with van der Waals surface area (Å²) in [5.41, 5.74) is 6.67. The summed E-state index contributed by atoms with van der Waals surface area (Å²) >= 11 is 1.31. The van der Waals surface area contributed by atoms with E-state index in [1.165, 1.54) is 17.4 Å². The van der Waals surface area contributed by atoms with Gasteiger partial charge in [-0.25, -0.2) is 8.42 Å². The quantitative estimate of drug-likeness (QED) is 0.753. The van der Waals surface area contributed by atoms with E-state index in [1.807, 2.05) is 0 Å². The van der Waals surface area contributed by atoms with Crippen LogP contribution in [0.2, 0.25) is 0 Å². The SMILES string of the molecule is C=CCS(=O)(=O)CC(=O)Nc1sc2c(c1C(N)=O)CCC(C)C2. The van der Waals surface area contributed by atoms with Crippen molar-refractivity contribution in [1.82, 2.24) is 0 Å². The summed E-state index contributed by atoms with van der Waals surface area (Å²) in [5.74, 6) is -1.65. The van der Waals surface area contributed by atoms with Crippen molar-refractivity contribution in [3.63, 3.8) is 0 Å². The molecule has 1 unspecified atom stereocenters. The first-order valence-electron chi connectivity index (χ1n) is 7.29. The lowest BCUT2D eigenvalue weighted by atomic mass is 9.88. The molecule has 6 nitrogen and oxygen atoms in total. The Morgan fingerprint density at radius 2 is 2.17 bits per heavy atom. The van der Waals surface area contributed by atoms with Gasteiger partial charge in [-0.3, -0.25) is 9.59 Å². The van der Waals surface area contributed by atoms with Crippen LogP contribution in [0.5, 0.6) is 0 Å². The molecule has 0 spiro atoms. The van der Waals surface area contributed by atoms with Crippen LogP contribution in [-0.2, 0) is 27.5 Å². The Morgan fingerprint density at radius 1 is 1.48 bits per heavy atom. The van der Waals surface area contributed by atoms with Gasteiger partial charge in [0.05, 0.1) is 11.3 Å². The molecule has 8 heteroatoms. The minimum atomic E-state index is -3.54. The van der Waals surface area contributed by atoms with E-state index in [2.05, 4.69) is 18.8 Å². The van der Waals surface area contributed by atoms with Gasteiger partial charge in [0.2, 0.25) is 5.91 Å². The van der Waals surface area contributed by atoms with Crippen molar-refractivity contribution < 1.29 is 18.0 Å². The molecule has 0 saturated carbocycles. The Labute approximate surface area is 139 Å². The van der Waals surface area contributed by atoms with Crippen LogP contribution in [-0.4, -0.2) is 31.7 Å². The second-order valence-corrected chi connectivity index (χ2v) is 9.03. The highest BCUT2D eigenvalue weighted by molar-refractivity contribution is 7.92. The highest BCUT2D eigenvalue weighted by Gasteiger charge is 2.27. The van der Waals surface area contributed by atoms with Crippen molar-refractivity contribution in [2.45, 2.75) is 26.2 Å². The minimum Gasteiger partial charge on any atom is -0.365 e. The number of nitrogens with one attached hydrogen (secondary N) is 1. The molecule has 126 valence electrons. The zero-order valence-corrected chi connectivity index (χ0v) is 14.6. The number of rotatable bonds is 6. The second kappa shape index (κ2) is 6.84. The third kappa shape index (κ3) is 4.20. The molecule has 2 rings (SSSR count). The molecule has 1 aliphatic rings. The van der Waals surface area contributed by atoms with Gasteiger partial charge in [0.1, 0.15) is 10.8 Å². The molecular weight excluding hydrogens is 336 g/mol. The number of fused-ring (bicyclic) bond motifs is 1. The number of amides is 2. The number of hydrogen-bond acceptors (Lipinski definition) is 5. The normalized spacial score (nSPS) is 17.3. The molecule has 0 aliphatic heterocycles. The number of nitrogens with two attached hydrogens (primary N) is 1. The lowest BCUT2D eigenvalue weighted by Gasteiger charge is -2.18.